The first-order valence-corrected chi connectivity index (χ1v) is 12.8. The van der Waals surface area contributed by atoms with Gasteiger partial charge in [0.05, 0.1) is 20.9 Å². The fourth-order valence-corrected chi connectivity index (χ4v) is 5.36. The number of rotatable bonds is 8. The van der Waals surface area contributed by atoms with Crippen LogP contribution in [0.2, 0.25) is 0 Å². The summed E-state index contributed by atoms with van der Waals surface area (Å²) in [6.45, 7) is 7.09. The number of anilines is 1. The Kier molecular flexibility index (Phi) is 8.82. The highest BCUT2D eigenvalue weighted by Gasteiger charge is 2.22. The molecule has 1 heterocycles. The lowest BCUT2D eigenvalue weighted by atomic mass is 10.1. The average Bonchev–Trinajstić information content (AvgIpc) is 3.14. The average molecular weight is 496 g/mol. The van der Waals surface area contributed by atoms with Crippen molar-refractivity contribution >= 4 is 54.8 Å². The predicted octanol–water partition coefficient (Wildman–Crippen LogP) is 4.73. The summed E-state index contributed by atoms with van der Waals surface area (Å²) >= 11 is 1.52. The van der Waals surface area contributed by atoms with E-state index < -0.39 is 9.84 Å². The number of benzene rings is 2. The second kappa shape index (κ2) is 10.7. The Hall–Kier alpha value is -2.00. The Morgan fingerprint density at radius 3 is 2.31 bits per heavy atom. The molecule has 0 saturated heterocycles. The molecule has 0 saturated carbocycles. The number of aryl methyl sites for hydroxylation is 2. The molecule has 0 N–H and O–H groups in total. The second-order valence-corrected chi connectivity index (χ2v) is 11.2. The molecule has 0 atom stereocenters. The van der Waals surface area contributed by atoms with E-state index in [1.165, 1.54) is 23.5 Å². The smallest absolute Gasteiger partial charge is 0.260 e. The molecule has 3 rings (SSSR count). The Balaban J connectivity index is 0.00000363. The summed E-state index contributed by atoms with van der Waals surface area (Å²) in [5.74, 6) is -0.144. The van der Waals surface area contributed by atoms with Crippen LogP contribution in [0.15, 0.2) is 41.3 Å². The van der Waals surface area contributed by atoms with Crippen molar-refractivity contribution in [3.63, 3.8) is 0 Å². The summed E-state index contributed by atoms with van der Waals surface area (Å²) in [5.41, 5.74) is 3.63. The molecule has 3 aromatic rings. The largest absolute Gasteiger partial charge is 0.309 e. The van der Waals surface area contributed by atoms with Crippen molar-refractivity contribution in [3.05, 3.63) is 53.1 Å². The molecular formula is C23H30ClN3O3S2. The van der Waals surface area contributed by atoms with Crippen LogP contribution in [0.1, 0.15) is 34.8 Å². The van der Waals surface area contributed by atoms with Crippen molar-refractivity contribution in [1.29, 1.82) is 0 Å². The zero-order chi connectivity index (χ0) is 22.8. The van der Waals surface area contributed by atoms with Crippen LogP contribution in [-0.2, 0) is 9.84 Å². The van der Waals surface area contributed by atoms with Gasteiger partial charge >= 0.3 is 0 Å². The van der Waals surface area contributed by atoms with Crippen molar-refractivity contribution in [3.8, 4) is 0 Å². The van der Waals surface area contributed by atoms with Gasteiger partial charge in [0.1, 0.15) is 0 Å². The van der Waals surface area contributed by atoms with Gasteiger partial charge in [-0.05, 0) is 82.4 Å². The van der Waals surface area contributed by atoms with Gasteiger partial charge in [-0.2, -0.15) is 0 Å². The van der Waals surface area contributed by atoms with E-state index in [1.54, 1.807) is 24.0 Å². The van der Waals surface area contributed by atoms with Gasteiger partial charge in [0.15, 0.2) is 15.0 Å². The van der Waals surface area contributed by atoms with Crippen molar-refractivity contribution in [2.24, 2.45) is 0 Å². The zero-order valence-corrected chi connectivity index (χ0v) is 21.5. The molecule has 1 aromatic heterocycles. The van der Waals surface area contributed by atoms with Crippen LogP contribution in [0.4, 0.5) is 5.13 Å². The lowest BCUT2D eigenvalue weighted by molar-refractivity contribution is 0.0986. The standard InChI is InChI=1S/C23H29N3O3S2.ClH/c1-6-31(28,29)19-10-8-18(9-11-19)22(27)26(13-7-12-25(4)5)23-24-20-15-16(2)14-17(3)21(20)30-23;/h8-11,14-15H,6-7,12-13H2,1-5H3;1H. The number of amides is 1. The van der Waals surface area contributed by atoms with Gasteiger partial charge in [0.2, 0.25) is 0 Å². The molecule has 0 unspecified atom stereocenters. The van der Waals surface area contributed by atoms with Crippen LogP contribution in [0, 0.1) is 13.8 Å². The van der Waals surface area contributed by atoms with E-state index in [1.807, 2.05) is 27.1 Å². The van der Waals surface area contributed by atoms with Crippen molar-refractivity contribution in [2.75, 3.05) is 37.8 Å². The highest BCUT2D eigenvalue weighted by molar-refractivity contribution is 7.91. The van der Waals surface area contributed by atoms with E-state index in [0.717, 1.165) is 34.3 Å². The van der Waals surface area contributed by atoms with Gasteiger partial charge < -0.3 is 4.90 Å². The van der Waals surface area contributed by atoms with Crippen LogP contribution >= 0.6 is 23.7 Å². The highest BCUT2D eigenvalue weighted by atomic mass is 35.5. The molecule has 0 fully saturated rings. The van der Waals surface area contributed by atoms with Crippen LogP contribution in [0.25, 0.3) is 10.2 Å². The lowest BCUT2D eigenvalue weighted by Crippen LogP contribution is -2.33. The first-order valence-electron chi connectivity index (χ1n) is 10.3. The molecule has 32 heavy (non-hydrogen) atoms. The maximum absolute atomic E-state index is 13.4. The fourth-order valence-electron chi connectivity index (χ4n) is 3.44. The minimum atomic E-state index is -3.30. The molecule has 0 aliphatic heterocycles. The normalized spacial score (nSPS) is 11.6. The summed E-state index contributed by atoms with van der Waals surface area (Å²) in [6, 6.07) is 10.4. The number of fused-ring (bicyclic) bond motifs is 1. The van der Waals surface area contributed by atoms with E-state index in [4.69, 9.17) is 4.98 Å². The highest BCUT2D eigenvalue weighted by Crippen LogP contribution is 2.33. The Labute approximate surface area is 200 Å². The van der Waals surface area contributed by atoms with Crippen LogP contribution in [-0.4, -0.2) is 57.1 Å². The number of carbonyl (C=O) groups excluding carboxylic acids is 1. The molecule has 0 spiro atoms. The molecule has 2 aromatic carbocycles. The second-order valence-electron chi connectivity index (χ2n) is 7.97. The van der Waals surface area contributed by atoms with Crippen LogP contribution < -0.4 is 4.90 Å². The number of nitrogens with zero attached hydrogens (tertiary/aromatic N) is 3. The number of halogens is 1. The van der Waals surface area contributed by atoms with E-state index in [0.29, 0.717) is 17.2 Å². The number of hydrogen-bond acceptors (Lipinski definition) is 6. The third-order valence-corrected chi connectivity index (χ3v) is 8.09. The van der Waals surface area contributed by atoms with Crippen LogP contribution in [0.3, 0.4) is 0 Å². The molecule has 9 heteroatoms. The van der Waals surface area contributed by atoms with Crippen molar-refractivity contribution in [1.82, 2.24) is 9.88 Å². The first kappa shape index (κ1) is 26.3. The van der Waals surface area contributed by atoms with Gasteiger partial charge in [0.25, 0.3) is 5.91 Å². The number of aromatic nitrogens is 1. The molecule has 0 radical (unpaired) electrons. The zero-order valence-electron chi connectivity index (χ0n) is 19.1. The summed E-state index contributed by atoms with van der Waals surface area (Å²) in [7, 11) is 0.702. The molecule has 1 amide bonds. The predicted molar refractivity (Wildman–Crippen MR) is 135 cm³/mol. The Morgan fingerprint density at radius 1 is 1.06 bits per heavy atom. The quantitative estimate of drug-likeness (QED) is 0.452. The van der Waals surface area contributed by atoms with Gasteiger partial charge in [-0.3, -0.25) is 9.69 Å². The molecule has 174 valence electrons. The minimum Gasteiger partial charge on any atom is -0.309 e. The topological polar surface area (TPSA) is 70.6 Å². The maximum atomic E-state index is 13.4. The summed E-state index contributed by atoms with van der Waals surface area (Å²) < 4.78 is 25.3. The molecule has 0 aliphatic carbocycles. The third-order valence-electron chi connectivity index (χ3n) is 5.11. The van der Waals surface area contributed by atoms with E-state index in [-0.39, 0.29) is 29.0 Å². The molecule has 6 nitrogen and oxygen atoms in total. The van der Waals surface area contributed by atoms with Crippen molar-refractivity contribution in [2.45, 2.75) is 32.1 Å². The maximum Gasteiger partial charge on any atom is 0.260 e. The summed E-state index contributed by atoms with van der Waals surface area (Å²) in [5, 5.41) is 0.665. The van der Waals surface area contributed by atoms with Gasteiger partial charge in [-0.15, -0.1) is 12.4 Å². The van der Waals surface area contributed by atoms with E-state index in [2.05, 4.69) is 17.9 Å². The summed E-state index contributed by atoms with van der Waals surface area (Å²) in [4.78, 5) is 22.2. The Morgan fingerprint density at radius 2 is 1.72 bits per heavy atom. The fraction of sp³-hybridized carbons (Fsp3) is 0.391. The van der Waals surface area contributed by atoms with Gasteiger partial charge in [0, 0.05) is 12.1 Å². The number of hydrogen-bond donors (Lipinski definition) is 0. The van der Waals surface area contributed by atoms with E-state index >= 15 is 0 Å². The lowest BCUT2D eigenvalue weighted by Gasteiger charge is -2.21. The third kappa shape index (κ3) is 5.86. The summed E-state index contributed by atoms with van der Waals surface area (Å²) in [6.07, 6.45) is 0.801. The SMILES string of the molecule is CCS(=O)(=O)c1ccc(C(=O)N(CCCN(C)C)c2nc3cc(C)cc(C)c3s2)cc1.Cl. The molecular weight excluding hydrogens is 466 g/mol. The van der Waals surface area contributed by atoms with E-state index in [9.17, 15) is 13.2 Å². The van der Waals surface area contributed by atoms with Gasteiger partial charge in [-0.25, -0.2) is 13.4 Å². The van der Waals surface area contributed by atoms with Crippen molar-refractivity contribution < 1.29 is 13.2 Å². The minimum absolute atomic E-state index is 0. The number of sulfone groups is 1. The first-order chi connectivity index (χ1) is 14.6. The Bertz CT molecular complexity index is 1190. The van der Waals surface area contributed by atoms with Crippen LogP contribution in [0.5, 0.6) is 0 Å². The van der Waals surface area contributed by atoms with Gasteiger partial charge in [-0.1, -0.05) is 24.3 Å². The molecule has 0 bridgehead atoms. The monoisotopic (exact) mass is 495 g/mol. The molecule has 0 aliphatic rings. The number of carbonyl (C=O) groups is 1. The number of thiazole rings is 1.